The number of carbonyl (C=O) groups is 2. The summed E-state index contributed by atoms with van der Waals surface area (Å²) in [6, 6.07) is 14.3. The average molecular weight is 402 g/mol. The van der Waals surface area contributed by atoms with E-state index >= 15 is 0 Å². The fourth-order valence-electron chi connectivity index (χ4n) is 2.55. The van der Waals surface area contributed by atoms with Crippen LogP contribution in [-0.4, -0.2) is 44.7 Å². The largest absolute Gasteiger partial charge is 0.444 e. The van der Waals surface area contributed by atoms with Crippen molar-refractivity contribution >= 4 is 21.9 Å². The molecule has 1 unspecified atom stereocenters. The Labute approximate surface area is 164 Å². The van der Waals surface area contributed by atoms with Crippen LogP contribution >= 0.6 is 0 Å². The van der Waals surface area contributed by atoms with Gasteiger partial charge in [-0.15, -0.1) is 0 Å². The highest BCUT2D eigenvalue weighted by atomic mass is 32.2. The second-order valence-electron chi connectivity index (χ2n) is 6.79. The van der Waals surface area contributed by atoms with E-state index in [2.05, 4.69) is 5.32 Å². The van der Waals surface area contributed by atoms with Crippen molar-refractivity contribution in [2.45, 2.75) is 29.9 Å². The summed E-state index contributed by atoms with van der Waals surface area (Å²) in [7, 11) is -0.726. The van der Waals surface area contributed by atoms with Gasteiger partial charge in [0.25, 0.3) is 5.91 Å². The molecule has 8 heteroatoms. The molecule has 1 amide bonds. The molecule has 1 aliphatic rings. The molecule has 1 atom stereocenters. The Hall–Kier alpha value is -2.71. The van der Waals surface area contributed by atoms with Gasteiger partial charge in [-0.2, -0.15) is 0 Å². The number of benzene rings is 2. The molecule has 0 heterocycles. The van der Waals surface area contributed by atoms with Crippen LogP contribution in [0.1, 0.15) is 34.9 Å². The molecule has 0 aliphatic heterocycles. The molecule has 0 spiro atoms. The summed E-state index contributed by atoms with van der Waals surface area (Å²) in [6.45, 7) is 0. The molecule has 3 rings (SSSR count). The minimum Gasteiger partial charge on any atom is -0.444 e. The van der Waals surface area contributed by atoms with Gasteiger partial charge in [0.05, 0.1) is 10.5 Å². The maximum atomic E-state index is 12.6. The first-order valence-corrected chi connectivity index (χ1v) is 10.3. The van der Waals surface area contributed by atoms with Crippen LogP contribution in [0.25, 0.3) is 0 Å². The maximum absolute atomic E-state index is 12.6. The van der Waals surface area contributed by atoms with E-state index in [1.165, 1.54) is 38.4 Å². The Balaban J connectivity index is 1.79. The van der Waals surface area contributed by atoms with Crippen LogP contribution in [-0.2, 0) is 19.6 Å². The summed E-state index contributed by atoms with van der Waals surface area (Å²) in [6.07, 6.45) is 0.769. The van der Waals surface area contributed by atoms with Crippen LogP contribution in [0.3, 0.4) is 0 Å². The van der Waals surface area contributed by atoms with Gasteiger partial charge in [0.1, 0.15) is 0 Å². The third kappa shape index (κ3) is 4.58. The molecule has 0 bridgehead atoms. The van der Waals surface area contributed by atoms with E-state index in [-0.39, 0.29) is 22.4 Å². The minimum absolute atomic E-state index is 0.0696. The first kappa shape index (κ1) is 20.0. The summed E-state index contributed by atoms with van der Waals surface area (Å²) in [5, 5.41) is 2.85. The summed E-state index contributed by atoms with van der Waals surface area (Å²) in [5.74, 6) is -1.07. The van der Waals surface area contributed by atoms with Crippen molar-refractivity contribution in [3.05, 3.63) is 65.7 Å². The van der Waals surface area contributed by atoms with Crippen molar-refractivity contribution in [2.75, 3.05) is 14.1 Å². The van der Waals surface area contributed by atoms with Crippen molar-refractivity contribution in [2.24, 2.45) is 0 Å². The quantitative estimate of drug-likeness (QED) is 0.716. The van der Waals surface area contributed by atoms with E-state index < -0.39 is 22.1 Å². The molecule has 1 N–H and O–H groups in total. The number of amides is 1. The van der Waals surface area contributed by atoms with Crippen molar-refractivity contribution in [3.8, 4) is 0 Å². The molecule has 1 saturated carbocycles. The van der Waals surface area contributed by atoms with Gasteiger partial charge < -0.3 is 10.1 Å². The van der Waals surface area contributed by atoms with Gasteiger partial charge in [-0.1, -0.05) is 30.3 Å². The predicted molar refractivity (Wildman–Crippen MR) is 103 cm³/mol. The standard InChI is InChI=1S/C20H22N2O5S/c1-22(2)28(25,26)17-12-8-15(9-13-17)20(24)27-18(14-6-4-3-5-7-14)19(23)21-16-10-11-16/h3-9,12-13,16,18H,10-11H2,1-2H3,(H,21,23). The van der Waals surface area contributed by atoms with Crippen molar-refractivity contribution in [1.29, 1.82) is 0 Å². The maximum Gasteiger partial charge on any atom is 0.339 e. The first-order valence-electron chi connectivity index (χ1n) is 8.88. The van der Waals surface area contributed by atoms with Crippen LogP contribution in [0, 0.1) is 0 Å². The van der Waals surface area contributed by atoms with E-state index in [0.717, 1.165) is 17.1 Å². The van der Waals surface area contributed by atoms with Crippen LogP contribution in [0.2, 0.25) is 0 Å². The van der Waals surface area contributed by atoms with Gasteiger partial charge in [-0.3, -0.25) is 4.79 Å². The molecule has 0 aromatic heterocycles. The number of sulfonamides is 1. The van der Waals surface area contributed by atoms with E-state index in [0.29, 0.717) is 5.56 Å². The number of hydrogen-bond acceptors (Lipinski definition) is 5. The van der Waals surface area contributed by atoms with Gasteiger partial charge in [-0.25, -0.2) is 17.5 Å². The third-order valence-electron chi connectivity index (χ3n) is 4.36. The second kappa shape index (κ2) is 8.12. The zero-order chi connectivity index (χ0) is 20.3. The van der Waals surface area contributed by atoms with Crippen LogP contribution < -0.4 is 5.32 Å². The Morgan fingerprint density at radius 1 is 1.04 bits per heavy atom. The fourth-order valence-corrected chi connectivity index (χ4v) is 3.46. The summed E-state index contributed by atoms with van der Waals surface area (Å²) in [5.41, 5.74) is 0.735. The molecule has 0 saturated heterocycles. The number of hydrogen-bond donors (Lipinski definition) is 1. The Bertz CT molecular complexity index is 952. The van der Waals surface area contributed by atoms with E-state index in [4.69, 9.17) is 4.74 Å². The molecule has 0 radical (unpaired) electrons. The average Bonchev–Trinajstić information content (AvgIpc) is 3.50. The monoisotopic (exact) mass is 402 g/mol. The number of ether oxygens (including phenoxy) is 1. The van der Waals surface area contributed by atoms with Gasteiger partial charge in [0, 0.05) is 25.7 Å². The molecule has 2 aromatic rings. The number of carbonyl (C=O) groups excluding carboxylic acids is 2. The predicted octanol–water partition coefficient (Wildman–Crippen LogP) is 2.11. The zero-order valence-electron chi connectivity index (χ0n) is 15.7. The normalized spacial score (nSPS) is 15.1. The van der Waals surface area contributed by atoms with Gasteiger partial charge in [-0.05, 0) is 37.1 Å². The van der Waals surface area contributed by atoms with E-state index in [1.54, 1.807) is 24.3 Å². The van der Waals surface area contributed by atoms with Crippen LogP contribution in [0.15, 0.2) is 59.5 Å². The molecular weight excluding hydrogens is 380 g/mol. The van der Waals surface area contributed by atoms with Crippen molar-refractivity contribution in [3.63, 3.8) is 0 Å². The number of nitrogens with zero attached hydrogens (tertiary/aromatic N) is 1. The molecule has 28 heavy (non-hydrogen) atoms. The molecule has 7 nitrogen and oxygen atoms in total. The highest BCUT2D eigenvalue weighted by Crippen LogP contribution is 2.24. The number of nitrogens with one attached hydrogen (secondary N) is 1. The molecular formula is C20H22N2O5S. The highest BCUT2D eigenvalue weighted by Gasteiger charge is 2.31. The van der Waals surface area contributed by atoms with E-state index in [1.807, 2.05) is 6.07 Å². The second-order valence-corrected chi connectivity index (χ2v) is 8.94. The summed E-state index contributed by atoms with van der Waals surface area (Å²) >= 11 is 0. The molecule has 1 fully saturated rings. The smallest absolute Gasteiger partial charge is 0.339 e. The first-order chi connectivity index (χ1) is 13.3. The lowest BCUT2D eigenvalue weighted by atomic mass is 10.1. The number of esters is 1. The van der Waals surface area contributed by atoms with Gasteiger partial charge >= 0.3 is 5.97 Å². The number of rotatable bonds is 7. The highest BCUT2D eigenvalue weighted by molar-refractivity contribution is 7.89. The SMILES string of the molecule is CN(C)S(=O)(=O)c1ccc(C(=O)OC(C(=O)NC2CC2)c2ccccc2)cc1. The summed E-state index contributed by atoms with van der Waals surface area (Å²) in [4.78, 5) is 25.2. The lowest BCUT2D eigenvalue weighted by Gasteiger charge is -2.18. The fraction of sp³-hybridized carbons (Fsp3) is 0.300. The van der Waals surface area contributed by atoms with Gasteiger partial charge in [0.15, 0.2) is 0 Å². The summed E-state index contributed by atoms with van der Waals surface area (Å²) < 4.78 is 30.8. The van der Waals surface area contributed by atoms with Crippen LogP contribution in [0.5, 0.6) is 0 Å². The van der Waals surface area contributed by atoms with E-state index in [9.17, 15) is 18.0 Å². The third-order valence-corrected chi connectivity index (χ3v) is 6.19. The molecule has 2 aromatic carbocycles. The van der Waals surface area contributed by atoms with Crippen molar-refractivity contribution < 1.29 is 22.7 Å². The van der Waals surface area contributed by atoms with Crippen LogP contribution in [0.4, 0.5) is 0 Å². The zero-order valence-corrected chi connectivity index (χ0v) is 16.5. The Morgan fingerprint density at radius 2 is 1.64 bits per heavy atom. The lowest BCUT2D eigenvalue weighted by Crippen LogP contribution is -2.33. The minimum atomic E-state index is -3.59. The lowest BCUT2D eigenvalue weighted by molar-refractivity contribution is -0.130. The topological polar surface area (TPSA) is 92.8 Å². The van der Waals surface area contributed by atoms with Gasteiger partial charge in [0.2, 0.25) is 16.1 Å². The Morgan fingerprint density at radius 3 is 2.18 bits per heavy atom. The van der Waals surface area contributed by atoms with Crippen molar-refractivity contribution in [1.82, 2.24) is 9.62 Å². The molecule has 148 valence electrons. The Kier molecular flexibility index (Phi) is 5.81. The molecule has 1 aliphatic carbocycles.